The average Bonchev–Trinajstić information content (AvgIpc) is 2.94. The molecule has 8 heteroatoms. The number of ether oxygens (including phenoxy) is 2. The molecule has 0 aromatic heterocycles. The molecule has 0 N–H and O–H groups in total. The Morgan fingerprint density at radius 3 is 2.59 bits per heavy atom. The quantitative estimate of drug-likeness (QED) is 0.563. The molecule has 1 heterocycles. The number of thiocarbonyl (C=S) groups is 1. The third kappa shape index (κ3) is 3.67. The van der Waals surface area contributed by atoms with Gasteiger partial charge >= 0.3 is 0 Å². The van der Waals surface area contributed by atoms with E-state index >= 15 is 0 Å². The number of rotatable bonds is 5. The Morgan fingerprint density at radius 1 is 1.19 bits per heavy atom. The van der Waals surface area contributed by atoms with Crippen molar-refractivity contribution >= 4 is 51.9 Å². The number of carbonyl (C=O) groups excluding carboxylic acids is 2. The van der Waals surface area contributed by atoms with Gasteiger partial charge in [0.1, 0.15) is 0 Å². The van der Waals surface area contributed by atoms with E-state index in [1.807, 2.05) is 0 Å². The molecule has 1 fully saturated rings. The summed E-state index contributed by atoms with van der Waals surface area (Å²) in [6.45, 7) is 0. The number of benzene rings is 2. The van der Waals surface area contributed by atoms with Gasteiger partial charge in [0.05, 0.1) is 30.8 Å². The molecule has 27 heavy (non-hydrogen) atoms. The SMILES string of the molecule is COc1cccc(/C=C2\SC(=S)N(c3cccc(C(=O)[O-])c3)C2=O)c1OC. The number of anilines is 1. The summed E-state index contributed by atoms with van der Waals surface area (Å²) in [5.41, 5.74) is 1.01. The van der Waals surface area contributed by atoms with Gasteiger partial charge in [-0.25, -0.2) is 0 Å². The molecule has 0 saturated carbocycles. The van der Waals surface area contributed by atoms with E-state index in [1.54, 1.807) is 30.3 Å². The van der Waals surface area contributed by atoms with Gasteiger partial charge in [0.15, 0.2) is 15.8 Å². The number of methoxy groups -OCH3 is 2. The van der Waals surface area contributed by atoms with Gasteiger partial charge in [-0.05, 0) is 29.8 Å². The predicted molar refractivity (Wildman–Crippen MR) is 106 cm³/mol. The van der Waals surface area contributed by atoms with E-state index in [0.29, 0.717) is 32.0 Å². The summed E-state index contributed by atoms with van der Waals surface area (Å²) in [4.78, 5) is 25.6. The fourth-order valence-electron chi connectivity index (χ4n) is 2.63. The average molecular weight is 400 g/mol. The lowest BCUT2D eigenvalue weighted by Gasteiger charge is -2.16. The third-order valence-electron chi connectivity index (χ3n) is 3.85. The lowest BCUT2D eigenvalue weighted by Crippen LogP contribution is -2.28. The molecule has 1 aliphatic rings. The van der Waals surface area contributed by atoms with Crippen molar-refractivity contribution < 1.29 is 24.2 Å². The molecule has 6 nitrogen and oxygen atoms in total. The summed E-state index contributed by atoms with van der Waals surface area (Å²) in [6, 6.07) is 11.2. The van der Waals surface area contributed by atoms with Gasteiger partial charge in [-0.3, -0.25) is 9.69 Å². The highest BCUT2D eigenvalue weighted by molar-refractivity contribution is 8.27. The number of amides is 1. The van der Waals surface area contributed by atoms with Crippen LogP contribution in [0.5, 0.6) is 11.5 Å². The number of aromatic carboxylic acids is 1. The number of carboxylic acid groups (broad SMARTS) is 1. The Bertz CT molecular complexity index is 970. The van der Waals surface area contributed by atoms with Gasteiger partial charge in [-0.2, -0.15) is 0 Å². The monoisotopic (exact) mass is 400 g/mol. The van der Waals surface area contributed by atoms with Crippen LogP contribution < -0.4 is 19.5 Å². The second-order valence-electron chi connectivity index (χ2n) is 5.44. The zero-order chi connectivity index (χ0) is 19.6. The van der Waals surface area contributed by atoms with Crippen molar-refractivity contribution in [1.82, 2.24) is 0 Å². The fourth-order valence-corrected chi connectivity index (χ4v) is 3.92. The molecule has 2 aromatic carbocycles. The number of carboxylic acids is 1. The van der Waals surface area contributed by atoms with Gasteiger partial charge in [0.2, 0.25) is 0 Å². The number of nitrogens with zero attached hydrogens (tertiary/aromatic N) is 1. The normalized spacial score (nSPS) is 15.3. The number of para-hydroxylation sites is 1. The van der Waals surface area contributed by atoms with E-state index in [4.69, 9.17) is 21.7 Å². The van der Waals surface area contributed by atoms with Crippen molar-refractivity contribution in [3.8, 4) is 11.5 Å². The molecule has 0 spiro atoms. The molecule has 0 atom stereocenters. The molecular weight excluding hydrogens is 386 g/mol. The molecular formula is C19H14NO5S2-. The zero-order valence-electron chi connectivity index (χ0n) is 14.4. The first-order valence-corrected chi connectivity index (χ1v) is 8.99. The van der Waals surface area contributed by atoms with Crippen LogP contribution in [0.25, 0.3) is 6.08 Å². The molecule has 2 aromatic rings. The van der Waals surface area contributed by atoms with Crippen molar-refractivity contribution in [2.24, 2.45) is 0 Å². The molecule has 1 aliphatic heterocycles. The van der Waals surface area contributed by atoms with Crippen LogP contribution in [0.2, 0.25) is 0 Å². The minimum Gasteiger partial charge on any atom is -0.545 e. The van der Waals surface area contributed by atoms with E-state index in [0.717, 1.165) is 11.8 Å². The molecule has 138 valence electrons. The van der Waals surface area contributed by atoms with Gasteiger partial charge in [0.25, 0.3) is 5.91 Å². The van der Waals surface area contributed by atoms with Gasteiger partial charge in [-0.15, -0.1) is 0 Å². The van der Waals surface area contributed by atoms with Gasteiger partial charge < -0.3 is 19.4 Å². The maximum absolute atomic E-state index is 12.9. The first-order chi connectivity index (χ1) is 13.0. The Labute approximate surface area is 165 Å². The first-order valence-electron chi connectivity index (χ1n) is 7.76. The van der Waals surface area contributed by atoms with Crippen LogP contribution in [0.15, 0.2) is 47.4 Å². The first kappa shape index (κ1) is 18.9. The predicted octanol–water partition coefficient (Wildman–Crippen LogP) is 2.47. The second kappa shape index (κ2) is 7.81. The highest BCUT2D eigenvalue weighted by Gasteiger charge is 2.33. The van der Waals surface area contributed by atoms with Crippen molar-refractivity contribution in [1.29, 1.82) is 0 Å². The minimum absolute atomic E-state index is 0.0278. The number of carbonyl (C=O) groups is 2. The van der Waals surface area contributed by atoms with Crippen LogP contribution in [0.4, 0.5) is 5.69 Å². The van der Waals surface area contributed by atoms with Crippen LogP contribution in [-0.4, -0.2) is 30.4 Å². The van der Waals surface area contributed by atoms with Crippen LogP contribution >= 0.6 is 24.0 Å². The third-order valence-corrected chi connectivity index (χ3v) is 5.16. The Hall–Kier alpha value is -2.84. The second-order valence-corrected chi connectivity index (χ2v) is 7.11. The molecule has 1 saturated heterocycles. The Kier molecular flexibility index (Phi) is 5.48. The van der Waals surface area contributed by atoms with Crippen molar-refractivity contribution in [3.05, 3.63) is 58.5 Å². The maximum atomic E-state index is 12.9. The van der Waals surface area contributed by atoms with Crippen LogP contribution in [0.3, 0.4) is 0 Å². The van der Waals surface area contributed by atoms with E-state index in [-0.39, 0.29) is 11.5 Å². The number of thioether (sulfide) groups is 1. The van der Waals surface area contributed by atoms with E-state index in [9.17, 15) is 14.7 Å². The minimum atomic E-state index is -1.32. The van der Waals surface area contributed by atoms with Gasteiger partial charge in [-0.1, -0.05) is 48.2 Å². The summed E-state index contributed by atoms with van der Waals surface area (Å²) in [6.07, 6.45) is 1.67. The molecule has 1 amide bonds. The van der Waals surface area contributed by atoms with Crippen LogP contribution in [-0.2, 0) is 4.79 Å². The number of hydrogen-bond donors (Lipinski definition) is 0. The summed E-state index contributed by atoms with van der Waals surface area (Å²) in [5, 5.41) is 11.1. The summed E-state index contributed by atoms with van der Waals surface area (Å²) >= 11 is 6.45. The Balaban J connectivity index is 1.99. The zero-order valence-corrected chi connectivity index (χ0v) is 16.1. The molecule has 0 aliphatic carbocycles. The molecule has 3 rings (SSSR count). The highest BCUT2D eigenvalue weighted by atomic mass is 32.2. The summed E-state index contributed by atoms with van der Waals surface area (Å²) < 4.78 is 11.0. The lowest BCUT2D eigenvalue weighted by atomic mass is 10.1. The van der Waals surface area contributed by atoms with E-state index in [1.165, 1.54) is 37.3 Å². The van der Waals surface area contributed by atoms with Crippen molar-refractivity contribution in [3.63, 3.8) is 0 Å². The Morgan fingerprint density at radius 2 is 1.93 bits per heavy atom. The lowest BCUT2D eigenvalue weighted by molar-refractivity contribution is -0.255. The largest absolute Gasteiger partial charge is 0.545 e. The van der Waals surface area contributed by atoms with Crippen molar-refractivity contribution in [2.45, 2.75) is 0 Å². The highest BCUT2D eigenvalue weighted by Crippen LogP contribution is 2.39. The molecule has 0 bridgehead atoms. The summed E-state index contributed by atoms with van der Waals surface area (Å²) in [5.74, 6) is -0.614. The number of hydrogen-bond acceptors (Lipinski definition) is 7. The van der Waals surface area contributed by atoms with Crippen LogP contribution in [0.1, 0.15) is 15.9 Å². The van der Waals surface area contributed by atoms with E-state index in [2.05, 4.69) is 0 Å². The summed E-state index contributed by atoms with van der Waals surface area (Å²) in [7, 11) is 3.05. The maximum Gasteiger partial charge on any atom is 0.270 e. The van der Waals surface area contributed by atoms with Crippen molar-refractivity contribution in [2.75, 3.05) is 19.1 Å². The smallest absolute Gasteiger partial charge is 0.270 e. The topological polar surface area (TPSA) is 78.9 Å². The van der Waals surface area contributed by atoms with Gasteiger partial charge in [0, 0.05) is 5.56 Å². The van der Waals surface area contributed by atoms with Crippen LogP contribution in [0, 0.1) is 0 Å². The van der Waals surface area contributed by atoms with E-state index < -0.39 is 5.97 Å². The fraction of sp³-hybridized carbons (Fsp3) is 0.105. The molecule has 0 unspecified atom stereocenters. The molecule has 0 radical (unpaired) electrons. The standard InChI is InChI=1S/C19H15NO5S2/c1-24-14-8-4-5-11(16(14)25-2)10-15-17(21)20(19(26)27-15)13-7-3-6-12(9-13)18(22)23/h3-10H,1-2H3,(H,22,23)/p-1/b15-10-.